The van der Waals surface area contributed by atoms with E-state index in [0.29, 0.717) is 0 Å². The molecule has 0 fully saturated rings. The van der Waals surface area contributed by atoms with E-state index >= 15 is 0 Å². The first-order valence-electron chi connectivity index (χ1n) is 22.6. The molecule has 0 aliphatic carbocycles. The molecule has 0 aliphatic heterocycles. The van der Waals surface area contributed by atoms with Gasteiger partial charge in [-0.1, -0.05) is 206 Å². The zero-order chi connectivity index (χ0) is 42.6. The molecule has 1 aromatic heterocycles. The molecule has 13 aromatic carbocycles. The van der Waals surface area contributed by atoms with Crippen LogP contribution >= 0.6 is 0 Å². The zero-order valence-corrected chi connectivity index (χ0v) is 35.5. The molecule has 14 aromatic rings. The molecule has 1 nitrogen and oxygen atoms in total. The lowest BCUT2D eigenvalue weighted by atomic mass is 9.87. The molecule has 14 rings (SSSR count). The summed E-state index contributed by atoms with van der Waals surface area (Å²) in [6.07, 6.45) is 0. The second kappa shape index (κ2) is 14.0. The summed E-state index contributed by atoms with van der Waals surface area (Å²) in [4.78, 5) is 0. The van der Waals surface area contributed by atoms with Gasteiger partial charge in [-0.25, -0.2) is 0 Å². The second-order valence-electron chi connectivity index (χ2n) is 17.5. The normalized spacial score (nSPS) is 12.0. The Morgan fingerprint density at radius 1 is 0.231 bits per heavy atom. The maximum Gasteiger partial charge on any atom is 0.0625 e. The van der Waals surface area contributed by atoms with E-state index in [4.69, 9.17) is 0 Å². The number of hydrogen-bond acceptors (Lipinski definition) is 0. The Kier molecular flexibility index (Phi) is 7.75. The van der Waals surface area contributed by atoms with Crippen molar-refractivity contribution in [2.75, 3.05) is 0 Å². The van der Waals surface area contributed by atoms with E-state index in [2.05, 4.69) is 241 Å². The van der Waals surface area contributed by atoms with Gasteiger partial charge < -0.3 is 4.57 Å². The van der Waals surface area contributed by atoms with Crippen LogP contribution in [0.2, 0.25) is 0 Å². The van der Waals surface area contributed by atoms with Crippen LogP contribution in [0.3, 0.4) is 0 Å². The minimum Gasteiger partial charge on any atom is -0.309 e. The second-order valence-corrected chi connectivity index (χ2v) is 17.5. The van der Waals surface area contributed by atoms with Gasteiger partial charge in [0.15, 0.2) is 0 Å². The minimum absolute atomic E-state index is 1.13. The van der Waals surface area contributed by atoms with E-state index in [0.717, 1.165) is 5.69 Å². The maximum atomic E-state index is 2.55. The Bertz CT molecular complexity index is 4270. The van der Waals surface area contributed by atoms with Gasteiger partial charge in [-0.15, -0.1) is 0 Å². The van der Waals surface area contributed by atoms with Crippen molar-refractivity contribution in [3.8, 4) is 39.2 Å². The molecule has 65 heavy (non-hydrogen) atoms. The highest BCUT2D eigenvalue weighted by atomic mass is 15.0. The topological polar surface area (TPSA) is 4.93 Å². The Balaban J connectivity index is 1.15. The van der Waals surface area contributed by atoms with Gasteiger partial charge >= 0.3 is 0 Å². The van der Waals surface area contributed by atoms with Crippen LogP contribution in [0.1, 0.15) is 0 Å². The summed E-state index contributed by atoms with van der Waals surface area (Å²) < 4.78 is 2.55. The molecule has 1 heterocycles. The highest BCUT2D eigenvalue weighted by Gasteiger charge is 2.26. The molecule has 0 saturated carbocycles. The standard InChI is InChI=1S/C64H39N/c1-3-19-40(20-4-1)61-55-36-35-41(56-38-57-47-27-9-7-23-43(47)45-25-11-15-31-51(45)62(57)53-33-17-13-29-49(53)56)37-60(55)65(42-21-5-2-6-22-42)64(61)59-39-58-48-28-10-8-24-44(48)46-26-12-16-32-52(46)63(58)54-34-18-14-30-50(54)59/h1-39H. The summed E-state index contributed by atoms with van der Waals surface area (Å²) in [5.74, 6) is 0. The molecule has 0 atom stereocenters. The monoisotopic (exact) mass is 821 g/mol. The Morgan fingerprint density at radius 2 is 0.600 bits per heavy atom. The molecule has 1 heteroatoms. The van der Waals surface area contributed by atoms with Gasteiger partial charge in [-0.2, -0.15) is 0 Å². The van der Waals surface area contributed by atoms with Crippen LogP contribution in [0.15, 0.2) is 237 Å². The predicted molar refractivity (Wildman–Crippen MR) is 280 cm³/mol. The van der Waals surface area contributed by atoms with Crippen LogP contribution < -0.4 is 0 Å². The summed E-state index contributed by atoms with van der Waals surface area (Å²) >= 11 is 0. The number of para-hydroxylation sites is 1. The lowest BCUT2D eigenvalue weighted by Gasteiger charge is -2.19. The van der Waals surface area contributed by atoms with Crippen LogP contribution in [0.4, 0.5) is 0 Å². The average Bonchev–Trinajstić information content (AvgIpc) is 3.73. The quantitative estimate of drug-likeness (QED) is 0.156. The summed E-state index contributed by atoms with van der Waals surface area (Å²) in [5, 5.41) is 21.6. The number of fused-ring (bicyclic) bond motifs is 17. The largest absolute Gasteiger partial charge is 0.309 e. The van der Waals surface area contributed by atoms with Crippen LogP contribution in [-0.2, 0) is 0 Å². The predicted octanol–water partition coefficient (Wildman–Crippen LogP) is 17.9. The lowest BCUT2D eigenvalue weighted by Crippen LogP contribution is -1.99. The third-order valence-electron chi connectivity index (χ3n) is 14.1. The van der Waals surface area contributed by atoms with Crippen molar-refractivity contribution >= 4 is 97.1 Å². The van der Waals surface area contributed by atoms with E-state index in [1.54, 1.807) is 0 Å². The van der Waals surface area contributed by atoms with Crippen molar-refractivity contribution in [1.82, 2.24) is 4.57 Å². The van der Waals surface area contributed by atoms with Crippen LogP contribution in [0.25, 0.3) is 136 Å². The van der Waals surface area contributed by atoms with E-state index in [9.17, 15) is 0 Å². The van der Waals surface area contributed by atoms with Gasteiger partial charge in [0.25, 0.3) is 0 Å². The molecule has 0 aliphatic rings. The molecule has 0 unspecified atom stereocenters. The summed E-state index contributed by atoms with van der Waals surface area (Å²) in [6, 6.07) is 88.0. The summed E-state index contributed by atoms with van der Waals surface area (Å²) in [7, 11) is 0. The Hall–Kier alpha value is -8.52. The minimum atomic E-state index is 1.13. The fourth-order valence-corrected chi connectivity index (χ4v) is 11.4. The summed E-state index contributed by atoms with van der Waals surface area (Å²) in [5.41, 5.74) is 9.53. The van der Waals surface area contributed by atoms with E-state index < -0.39 is 0 Å². The van der Waals surface area contributed by atoms with Crippen molar-refractivity contribution < 1.29 is 0 Å². The number of hydrogen-bond donors (Lipinski definition) is 0. The van der Waals surface area contributed by atoms with Gasteiger partial charge in [0.1, 0.15) is 0 Å². The van der Waals surface area contributed by atoms with Gasteiger partial charge in [-0.3, -0.25) is 0 Å². The molecular weight excluding hydrogens is 783 g/mol. The van der Waals surface area contributed by atoms with Crippen LogP contribution in [0.5, 0.6) is 0 Å². The van der Waals surface area contributed by atoms with Crippen molar-refractivity contribution in [3.63, 3.8) is 0 Å². The molecule has 0 spiro atoms. The molecule has 0 amide bonds. The first-order chi connectivity index (χ1) is 32.3. The first-order valence-corrected chi connectivity index (χ1v) is 22.6. The number of nitrogens with zero attached hydrogens (tertiary/aromatic N) is 1. The third kappa shape index (κ3) is 5.21. The van der Waals surface area contributed by atoms with Crippen molar-refractivity contribution in [2.45, 2.75) is 0 Å². The highest BCUT2D eigenvalue weighted by molar-refractivity contribution is 6.35. The van der Waals surface area contributed by atoms with Gasteiger partial charge in [0, 0.05) is 22.2 Å². The number of rotatable bonds is 4. The number of aromatic nitrogens is 1. The van der Waals surface area contributed by atoms with Crippen molar-refractivity contribution in [1.29, 1.82) is 0 Å². The van der Waals surface area contributed by atoms with Gasteiger partial charge in [0.05, 0.1) is 11.2 Å². The smallest absolute Gasteiger partial charge is 0.0625 e. The molecule has 0 radical (unpaired) electrons. The van der Waals surface area contributed by atoms with Gasteiger partial charge in [-0.05, 0) is 133 Å². The molecule has 300 valence electrons. The highest BCUT2D eigenvalue weighted by Crippen LogP contribution is 2.50. The Morgan fingerprint density at radius 3 is 1.11 bits per heavy atom. The zero-order valence-electron chi connectivity index (χ0n) is 35.5. The van der Waals surface area contributed by atoms with Crippen molar-refractivity contribution in [2.24, 2.45) is 0 Å². The SMILES string of the molecule is c1ccc(-c2c(-c3cc4c5ccccc5c5ccccc5c4c4ccccc34)n(-c3ccccc3)c3cc(-c4cc5c6ccccc6c6ccccc6c5c5ccccc45)ccc23)cc1. The molecule has 0 bridgehead atoms. The van der Waals surface area contributed by atoms with E-state index in [-0.39, 0.29) is 0 Å². The van der Waals surface area contributed by atoms with Crippen LogP contribution in [0, 0.1) is 0 Å². The lowest BCUT2D eigenvalue weighted by molar-refractivity contribution is 1.14. The molecule has 0 saturated heterocycles. The average molecular weight is 822 g/mol. The first kappa shape index (κ1) is 36.0. The summed E-state index contributed by atoms with van der Waals surface area (Å²) in [6.45, 7) is 0. The molecular formula is C64H39N. The van der Waals surface area contributed by atoms with E-state index in [1.807, 2.05) is 0 Å². The maximum absolute atomic E-state index is 2.55. The fraction of sp³-hybridized carbons (Fsp3) is 0. The molecule has 0 N–H and O–H groups in total. The van der Waals surface area contributed by atoms with Crippen LogP contribution in [-0.4, -0.2) is 4.57 Å². The number of benzene rings is 13. The van der Waals surface area contributed by atoms with Crippen molar-refractivity contribution in [3.05, 3.63) is 237 Å². The Labute approximate surface area is 375 Å². The third-order valence-corrected chi connectivity index (χ3v) is 14.1. The fourth-order valence-electron chi connectivity index (χ4n) is 11.4. The van der Waals surface area contributed by atoms with E-state index in [1.165, 1.54) is 131 Å². The van der Waals surface area contributed by atoms with Gasteiger partial charge in [0.2, 0.25) is 0 Å².